The van der Waals surface area contributed by atoms with E-state index in [4.69, 9.17) is 5.73 Å². The maximum Gasteiger partial charge on any atom is 0.191 e. The molecule has 1 aliphatic rings. The lowest BCUT2D eigenvalue weighted by Crippen LogP contribution is -2.42. The van der Waals surface area contributed by atoms with Crippen molar-refractivity contribution in [2.45, 2.75) is 19.9 Å². The molecule has 1 aliphatic heterocycles. The lowest BCUT2D eigenvalue weighted by Gasteiger charge is -2.27. The fraction of sp³-hybridized carbons (Fsp3) is 0.667. The summed E-state index contributed by atoms with van der Waals surface area (Å²) in [6.07, 6.45) is 2.97. The van der Waals surface area contributed by atoms with Crippen LogP contribution in [0, 0.1) is 0 Å². The molecule has 0 spiro atoms. The molecule has 1 fully saturated rings. The van der Waals surface area contributed by atoms with Crippen LogP contribution in [0.5, 0.6) is 0 Å². The Morgan fingerprint density at radius 3 is 2.79 bits per heavy atom. The van der Waals surface area contributed by atoms with Crippen molar-refractivity contribution in [3.8, 4) is 0 Å². The van der Waals surface area contributed by atoms with Crippen molar-refractivity contribution in [2.24, 2.45) is 17.8 Å². The van der Waals surface area contributed by atoms with Gasteiger partial charge in [0.1, 0.15) is 0 Å². The molecule has 108 valence electrons. The summed E-state index contributed by atoms with van der Waals surface area (Å²) >= 11 is 1.97. The largest absolute Gasteiger partial charge is 0.370 e. The van der Waals surface area contributed by atoms with Crippen molar-refractivity contribution in [1.29, 1.82) is 0 Å². The maximum atomic E-state index is 6.03. The molecule has 0 bridgehead atoms. The van der Waals surface area contributed by atoms with Gasteiger partial charge in [0.25, 0.3) is 0 Å². The zero-order valence-corrected chi connectivity index (χ0v) is 14.6. The number of guanidine groups is 1. The van der Waals surface area contributed by atoms with Crippen molar-refractivity contribution in [3.63, 3.8) is 0 Å². The molecule has 0 amide bonds. The van der Waals surface area contributed by atoms with Gasteiger partial charge < -0.3 is 10.6 Å². The second-order valence-corrected chi connectivity index (χ2v) is 5.63. The summed E-state index contributed by atoms with van der Waals surface area (Å²) in [5.41, 5.74) is 8.32. The molecule has 0 aromatic carbocycles. The van der Waals surface area contributed by atoms with Crippen LogP contribution >= 0.6 is 35.7 Å². The van der Waals surface area contributed by atoms with Crippen LogP contribution < -0.4 is 5.73 Å². The molecule has 0 unspecified atom stereocenters. The van der Waals surface area contributed by atoms with Crippen molar-refractivity contribution in [2.75, 3.05) is 24.6 Å². The molecule has 1 saturated heterocycles. The molecule has 0 radical (unpaired) electrons. The molecule has 2 rings (SSSR count). The average Bonchev–Trinajstić information content (AvgIpc) is 2.77. The van der Waals surface area contributed by atoms with Crippen LogP contribution in [-0.2, 0) is 20.0 Å². The van der Waals surface area contributed by atoms with Gasteiger partial charge in [-0.3, -0.25) is 4.68 Å². The second-order valence-electron chi connectivity index (χ2n) is 4.40. The molecule has 0 aliphatic carbocycles. The van der Waals surface area contributed by atoms with Gasteiger partial charge >= 0.3 is 0 Å². The van der Waals surface area contributed by atoms with Crippen LogP contribution in [0.15, 0.2) is 11.2 Å². The number of aromatic nitrogens is 2. The second kappa shape index (κ2) is 7.98. The monoisotopic (exact) mass is 395 g/mol. The van der Waals surface area contributed by atoms with Crippen LogP contribution in [0.3, 0.4) is 0 Å². The van der Waals surface area contributed by atoms with Crippen molar-refractivity contribution in [3.05, 3.63) is 17.5 Å². The highest BCUT2D eigenvalue weighted by molar-refractivity contribution is 14.0. The topological polar surface area (TPSA) is 59.4 Å². The molecular weight excluding hydrogens is 373 g/mol. The number of thioether (sulfide) groups is 1. The first-order chi connectivity index (χ1) is 8.70. The summed E-state index contributed by atoms with van der Waals surface area (Å²) in [5, 5.41) is 4.41. The van der Waals surface area contributed by atoms with E-state index in [1.165, 1.54) is 5.56 Å². The number of aryl methyl sites for hydroxylation is 2. The van der Waals surface area contributed by atoms with E-state index in [-0.39, 0.29) is 24.0 Å². The SMILES string of the molecule is CCc1nn(C)cc1CN=C(N)N1CCSCC1.I. The van der Waals surface area contributed by atoms with E-state index in [9.17, 15) is 0 Å². The van der Waals surface area contributed by atoms with Gasteiger partial charge in [-0.25, -0.2) is 4.99 Å². The first kappa shape index (κ1) is 16.6. The van der Waals surface area contributed by atoms with Gasteiger partial charge in [0, 0.05) is 43.4 Å². The fourth-order valence-electron chi connectivity index (χ4n) is 2.07. The van der Waals surface area contributed by atoms with Gasteiger partial charge in [-0.05, 0) is 6.42 Å². The van der Waals surface area contributed by atoms with Gasteiger partial charge in [0.2, 0.25) is 0 Å². The van der Waals surface area contributed by atoms with Gasteiger partial charge in [-0.15, -0.1) is 24.0 Å². The van der Waals surface area contributed by atoms with E-state index in [2.05, 4.69) is 21.9 Å². The summed E-state index contributed by atoms with van der Waals surface area (Å²) in [7, 11) is 1.94. The van der Waals surface area contributed by atoms with Crippen LogP contribution in [-0.4, -0.2) is 45.2 Å². The van der Waals surface area contributed by atoms with Crippen LogP contribution in [0.2, 0.25) is 0 Å². The zero-order valence-electron chi connectivity index (χ0n) is 11.5. The molecular formula is C12H22IN5S. The number of nitrogens with zero attached hydrogens (tertiary/aromatic N) is 4. The normalized spacial score (nSPS) is 16.3. The lowest BCUT2D eigenvalue weighted by molar-refractivity contribution is 0.455. The van der Waals surface area contributed by atoms with E-state index < -0.39 is 0 Å². The first-order valence-electron chi connectivity index (χ1n) is 6.34. The molecule has 7 heteroatoms. The minimum absolute atomic E-state index is 0. The number of hydrogen-bond donors (Lipinski definition) is 1. The van der Waals surface area contributed by atoms with E-state index in [1.54, 1.807) is 0 Å². The number of aliphatic imine (C=N–C) groups is 1. The van der Waals surface area contributed by atoms with Gasteiger partial charge in [0.15, 0.2) is 5.96 Å². The van der Waals surface area contributed by atoms with E-state index in [0.29, 0.717) is 12.5 Å². The standard InChI is InChI=1S/C12H21N5S.HI/c1-3-11-10(9-16(2)15-11)8-14-12(13)17-4-6-18-7-5-17;/h9H,3-8H2,1-2H3,(H2,13,14);1H. The predicted octanol–water partition coefficient (Wildman–Crippen LogP) is 1.46. The highest BCUT2D eigenvalue weighted by atomic mass is 127. The molecule has 1 aromatic heterocycles. The Morgan fingerprint density at radius 2 is 2.16 bits per heavy atom. The summed E-state index contributed by atoms with van der Waals surface area (Å²) < 4.78 is 1.84. The third-order valence-electron chi connectivity index (χ3n) is 3.07. The van der Waals surface area contributed by atoms with Crippen molar-refractivity contribution >= 4 is 41.7 Å². The molecule has 0 saturated carbocycles. The Bertz CT molecular complexity index is 426. The van der Waals surface area contributed by atoms with E-state index >= 15 is 0 Å². The van der Waals surface area contributed by atoms with Crippen LogP contribution in [0.25, 0.3) is 0 Å². The van der Waals surface area contributed by atoms with Crippen molar-refractivity contribution < 1.29 is 0 Å². The quantitative estimate of drug-likeness (QED) is 0.479. The third kappa shape index (κ3) is 4.55. The van der Waals surface area contributed by atoms with Crippen molar-refractivity contribution in [1.82, 2.24) is 14.7 Å². The lowest BCUT2D eigenvalue weighted by atomic mass is 10.2. The van der Waals surface area contributed by atoms with Gasteiger partial charge in [0.05, 0.1) is 12.2 Å². The molecule has 5 nitrogen and oxygen atoms in total. The summed E-state index contributed by atoms with van der Waals surface area (Å²) in [6, 6.07) is 0. The Hall–Kier alpha value is -0.440. The van der Waals surface area contributed by atoms with Gasteiger partial charge in [-0.1, -0.05) is 6.92 Å². The fourth-order valence-corrected chi connectivity index (χ4v) is 2.98. The van der Waals surface area contributed by atoms with Crippen LogP contribution in [0.1, 0.15) is 18.2 Å². The molecule has 19 heavy (non-hydrogen) atoms. The van der Waals surface area contributed by atoms with Crippen LogP contribution in [0.4, 0.5) is 0 Å². The molecule has 2 N–H and O–H groups in total. The van der Waals surface area contributed by atoms with Gasteiger partial charge in [-0.2, -0.15) is 16.9 Å². The van der Waals surface area contributed by atoms with E-state index in [1.807, 2.05) is 29.7 Å². The number of hydrogen-bond acceptors (Lipinski definition) is 3. The predicted molar refractivity (Wildman–Crippen MR) is 92.2 cm³/mol. The number of halogens is 1. The molecule has 1 aromatic rings. The molecule has 0 atom stereocenters. The van der Waals surface area contributed by atoms with E-state index in [0.717, 1.165) is 36.7 Å². The summed E-state index contributed by atoms with van der Waals surface area (Å²) in [5.74, 6) is 2.95. The summed E-state index contributed by atoms with van der Waals surface area (Å²) in [6.45, 7) is 4.76. The Balaban J connectivity index is 0.00000180. The highest BCUT2D eigenvalue weighted by Crippen LogP contribution is 2.11. The number of rotatable bonds is 3. The minimum atomic E-state index is 0. The minimum Gasteiger partial charge on any atom is -0.370 e. The summed E-state index contributed by atoms with van der Waals surface area (Å²) in [4.78, 5) is 6.66. The maximum absolute atomic E-state index is 6.03. The zero-order chi connectivity index (χ0) is 13.0. The molecule has 2 heterocycles. The first-order valence-corrected chi connectivity index (χ1v) is 7.50. The Morgan fingerprint density at radius 1 is 1.47 bits per heavy atom. The Labute approximate surface area is 136 Å². The highest BCUT2D eigenvalue weighted by Gasteiger charge is 2.12. The smallest absolute Gasteiger partial charge is 0.191 e. The Kier molecular flexibility index (Phi) is 6.98. The average molecular weight is 395 g/mol. The third-order valence-corrected chi connectivity index (χ3v) is 4.02. The number of nitrogens with two attached hydrogens (primary N) is 1.